The standard InChI is InChI=1S/C23H9BrN2O2/c24-16-8-15-19-14(22(27)26-23(15)28)7-6-13-18-11(9-25)5-4-10-2-1-3-12(17(10)18)20(16)21(13)19/h1-8H,(H,26,27,28). The van der Waals surface area contributed by atoms with Crippen LogP contribution in [-0.2, 0) is 0 Å². The van der Waals surface area contributed by atoms with Gasteiger partial charge in [-0.05, 0) is 39.7 Å². The van der Waals surface area contributed by atoms with Crippen LogP contribution in [0.5, 0.6) is 0 Å². The van der Waals surface area contributed by atoms with Crippen LogP contribution < -0.4 is 5.32 Å². The molecule has 0 saturated heterocycles. The molecule has 0 unspecified atom stereocenters. The predicted octanol–water partition coefficient (Wildman–Crippen LogP) is 5.25. The molecular formula is C23H9BrN2O2. The summed E-state index contributed by atoms with van der Waals surface area (Å²) in [5.41, 5.74) is 1.52. The van der Waals surface area contributed by atoms with Gasteiger partial charge < -0.3 is 0 Å². The molecule has 0 fully saturated rings. The maximum absolute atomic E-state index is 12.5. The van der Waals surface area contributed by atoms with Crippen LogP contribution >= 0.6 is 15.9 Å². The molecule has 0 aromatic heterocycles. The number of fused-ring (bicyclic) bond motifs is 2. The number of halogens is 1. The molecule has 5 aromatic carbocycles. The van der Waals surface area contributed by atoms with Gasteiger partial charge in [0, 0.05) is 37.1 Å². The molecule has 5 aromatic rings. The Labute approximate surface area is 166 Å². The normalized spacial score (nSPS) is 13.6. The van der Waals surface area contributed by atoms with Gasteiger partial charge in [-0.2, -0.15) is 5.26 Å². The van der Waals surface area contributed by atoms with Crippen molar-refractivity contribution in [3.8, 4) is 6.07 Å². The molecule has 1 heterocycles. The number of nitriles is 1. The number of rotatable bonds is 0. The molecule has 2 amide bonds. The van der Waals surface area contributed by atoms with E-state index in [0.29, 0.717) is 22.1 Å². The van der Waals surface area contributed by atoms with E-state index in [1.54, 1.807) is 12.1 Å². The van der Waals surface area contributed by atoms with Gasteiger partial charge in [0.05, 0.1) is 11.6 Å². The zero-order chi connectivity index (χ0) is 19.2. The lowest BCUT2D eigenvalue weighted by molar-refractivity contribution is 0.0845. The highest BCUT2D eigenvalue weighted by Crippen LogP contribution is 2.46. The van der Waals surface area contributed by atoms with Crippen molar-refractivity contribution in [3.05, 3.63) is 69.7 Å². The highest BCUT2D eigenvalue weighted by molar-refractivity contribution is 9.10. The maximum atomic E-state index is 12.5. The van der Waals surface area contributed by atoms with Crippen LogP contribution in [0.3, 0.4) is 0 Å². The second-order valence-electron chi connectivity index (χ2n) is 6.98. The van der Waals surface area contributed by atoms with Gasteiger partial charge in [-0.1, -0.05) is 46.3 Å². The summed E-state index contributed by atoms with van der Waals surface area (Å²) in [4.78, 5) is 25.0. The number of nitrogens with zero attached hydrogens (tertiary/aromatic N) is 1. The number of nitrogens with one attached hydrogen (secondary N) is 1. The Morgan fingerprint density at radius 2 is 1.57 bits per heavy atom. The van der Waals surface area contributed by atoms with Crippen molar-refractivity contribution in [3.63, 3.8) is 0 Å². The highest BCUT2D eigenvalue weighted by Gasteiger charge is 2.29. The van der Waals surface area contributed by atoms with Crippen LogP contribution in [0.15, 0.2) is 53.0 Å². The van der Waals surface area contributed by atoms with Gasteiger partial charge in [-0.15, -0.1) is 0 Å². The Hall–Kier alpha value is -3.49. The van der Waals surface area contributed by atoms with Gasteiger partial charge in [0.2, 0.25) is 0 Å². The van der Waals surface area contributed by atoms with E-state index in [1.807, 2.05) is 36.4 Å². The second kappa shape index (κ2) is 5.06. The van der Waals surface area contributed by atoms with Crippen LogP contribution in [-0.4, -0.2) is 11.8 Å². The minimum Gasteiger partial charge on any atom is -0.288 e. The summed E-state index contributed by atoms with van der Waals surface area (Å²) in [7, 11) is 0. The van der Waals surface area contributed by atoms with Gasteiger partial charge in [-0.25, -0.2) is 0 Å². The fourth-order valence-corrected chi connectivity index (χ4v) is 5.21. The van der Waals surface area contributed by atoms with E-state index in [-0.39, 0.29) is 0 Å². The zero-order valence-corrected chi connectivity index (χ0v) is 15.8. The molecule has 130 valence electrons. The van der Waals surface area contributed by atoms with Crippen molar-refractivity contribution in [2.45, 2.75) is 0 Å². The maximum Gasteiger partial charge on any atom is 0.258 e. The average Bonchev–Trinajstić information content (AvgIpc) is 2.70. The largest absolute Gasteiger partial charge is 0.288 e. The van der Waals surface area contributed by atoms with Crippen LogP contribution in [0.25, 0.3) is 43.1 Å². The Morgan fingerprint density at radius 3 is 2.39 bits per heavy atom. The lowest BCUT2D eigenvalue weighted by atomic mass is 9.84. The number of imide groups is 1. The number of hydrogen-bond donors (Lipinski definition) is 1. The van der Waals surface area contributed by atoms with Crippen molar-refractivity contribution in [2.24, 2.45) is 0 Å². The molecule has 1 aliphatic rings. The molecule has 0 bridgehead atoms. The molecular weight excluding hydrogens is 416 g/mol. The molecule has 1 N–H and O–H groups in total. The SMILES string of the molecule is N#Cc1ccc2cccc3c4c(Br)cc5c6c(ccc(c1c23)c64)C(=O)NC5=O. The van der Waals surface area contributed by atoms with Crippen molar-refractivity contribution in [1.29, 1.82) is 5.26 Å². The number of carbonyl (C=O) groups is 2. The summed E-state index contributed by atoms with van der Waals surface area (Å²) in [6, 6.07) is 17.5. The van der Waals surface area contributed by atoms with Crippen molar-refractivity contribution in [1.82, 2.24) is 5.32 Å². The molecule has 6 rings (SSSR count). The van der Waals surface area contributed by atoms with Gasteiger partial charge in [0.25, 0.3) is 11.8 Å². The number of amides is 2. The van der Waals surface area contributed by atoms with E-state index >= 15 is 0 Å². The molecule has 0 atom stereocenters. The number of hydrogen-bond acceptors (Lipinski definition) is 3. The quantitative estimate of drug-likeness (QED) is 0.209. The highest BCUT2D eigenvalue weighted by atomic mass is 79.9. The first-order valence-electron chi connectivity index (χ1n) is 8.71. The van der Waals surface area contributed by atoms with E-state index < -0.39 is 11.8 Å². The van der Waals surface area contributed by atoms with Crippen molar-refractivity contribution >= 4 is 70.8 Å². The summed E-state index contributed by atoms with van der Waals surface area (Å²) >= 11 is 3.65. The topological polar surface area (TPSA) is 70.0 Å². The number of benzene rings is 5. The Balaban J connectivity index is 2.08. The van der Waals surface area contributed by atoms with Crippen LogP contribution in [0.1, 0.15) is 26.3 Å². The third kappa shape index (κ3) is 1.69. The Kier molecular flexibility index (Phi) is 2.81. The minimum absolute atomic E-state index is 0.394. The van der Waals surface area contributed by atoms with E-state index in [2.05, 4.69) is 27.3 Å². The fraction of sp³-hybridized carbons (Fsp3) is 0. The Bertz CT molecular complexity index is 1590. The first kappa shape index (κ1) is 15.6. The Morgan fingerprint density at radius 1 is 0.786 bits per heavy atom. The van der Waals surface area contributed by atoms with Crippen LogP contribution in [0.4, 0.5) is 0 Å². The average molecular weight is 425 g/mol. The lowest BCUT2D eigenvalue weighted by Gasteiger charge is -2.22. The van der Waals surface area contributed by atoms with Gasteiger partial charge in [0.15, 0.2) is 0 Å². The summed E-state index contributed by atoms with van der Waals surface area (Å²) in [5.74, 6) is -0.797. The summed E-state index contributed by atoms with van der Waals surface area (Å²) < 4.78 is 0.790. The molecule has 5 heteroatoms. The van der Waals surface area contributed by atoms with Crippen molar-refractivity contribution < 1.29 is 9.59 Å². The summed E-state index contributed by atoms with van der Waals surface area (Å²) in [5, 5.41) is 19.4. The van der Waals surface area contributed by atoms with E-state index in [1.165, 1.54) is 0 Å². The first-order valence-corrected chi connectivity index (χ1v) is 9.51. The van der Waals surface area contributed by atoms with Gasteiger partial charge >= 0.3 is 0 Å². The minimum atomic E-state index is -0.403. The van der Waals surface area contributed by atoms with E-state index in [4.69, 9.17) is 0 Å². The smallest absolute Gasteiger partial charge is 0.258 e. The molecule has 0 aliphatic carbocycles. The molecule has 0 radical (unpaired) electrons. The van der Waals surface area contributed by atoms with Crippen LogP contribution in [0.2, 0.25) is 0 Å². The zero-order valence-electron chi connectivity index (χ0n) is 14.3. The number of carbonyl (C=O) groups excluding carboxylic acids is 2. The molecule has 1 aliphatic heterocycles. The van der Waals surface area contributed by atoms with Crippen molar-refractivity contribution in [2.75, 3.05) is 0 Å². The van der Waals surface area contributed by atoms with E-state index in [0.717, 1.165) is 42.2 Å². The summed E-state index contributed by atoms with van der Waals surface area (Å²) in [6.45, 7) is 0. The molecule has 0 saturated carbocycles. The third-order valence-electron chi connectivity index (χ3n) is 5.66. The molecule has 4 nitrogen and oxygen atoms in total. The monoisotopic (exact) mass is 424 g/mol. The molecule has 0 spiro atoms. The third-order valence-corrected chi connectivity index (χ3v) is 6.28. The summed E-state index contributed by atoms with van der Waals surface area (Å²) in [6.07, 6.45) is 0. The van der Waals surface area contributed by atoms with Gasteiger partial charge in [-0.3, -0.25) is 14.9 Å². The lowest BCUT2D eigenvalue weighted by Crippen LogP contribution is -2.34. The second-order valence-corrected chi connectivity index (χ2v) is 7.83. The molecule has 28 heavy (non-hydrogen) atoms. The fourth-order valence-electron chi connectivity index (χ4n) is 4.57. The first-order chi connectivity index (χ1) is 13.6. The van der Waals surface area contributed by atoms with Crippen LogP contribution in [0, 0.1) is 11.3 Å². The predicted molar refractivity (Wildman–Crippen MR) is 112 cm³/mol. The van der Waals surface area contributed by atoms with E-state index in [9.17, 15) is 14.9 Å². The van der Waals surface area contributed by atoms with Gasteiger partial charge in [0.1, 0.15) is 0 Å².